The first kappa shape index (κ1) is 18.4. The van der Waals surface area contributed by atoms with Gasteiger partial charge in [0, 0.05) is 36.7 Å². The Kier molecular flexibility index (Phi) is 5.24. The van der Waals surface area contributed by atoms with Crippen molar-refractivity contribution in [3.63, 3.8) is 0 Å². The zero-order chi connectivity index (χ0) is 19.5. The molecule has 2 aromatic heterocycles. The van der Waals surface area contributed by atoms with Crippen molar-refractivity contribution in [3.05, 3.63) is 77.0 Å². The Morgan fingerprint density at radius 3 is 2.64 bits per heavy atom. The van der Waals surface area contributed by atoms with Crippen LogP contribution in [0.3, 0.4) is 0 Å². The maximum atomic E-state index is 12.9. The summed E-state index contributed by atoms with van der Waals surface area (Å²) in [6.45, 7) is 7.37. The van der Waals surface area contributed by atoms with E-state index in [2.05, 4.69) is 33.0 Å². The van der Waals surface area contributed by atoms with Crippen molar-refractivity contribution in [2.24, 2.45) is 0 Å². The summed E-state index contributed by atoms with van der Waals surface area (Å²) in [5, 5.41) is 3.12. The summed E-state index contributed by atoms with van der Waals surface area (Å²) in [5.41, 5.74) is 5.14. The largest absolute Gasteiger partial charge is 0.467 e. The molecule has 28 heavy (non-hydrogen) atoms. The van der Waals surface area contributed by atoms with E-state index in [1.165, 1.54) is 24.1 Å². The fraction of sp³-hybridized carbons (Fsp3) is 0.348. The van der Waals surface area contributed by atoms with Gasteiger partial charge in [-0.2, -0.15) is 0 Å². The van der Waals surface area contributed by atoms with Gasteiger partial charge in [0.25, 0.3) is 5.91 Å². The molecule has 4 rings (SSSR count). The first-order valence-electron chi connectivity index (χ1n) is 9.93. The van der Waals surface area contributed by atoms with Gasteiger partial charge in [-0.15, -0.1) is 0 Å². The Bertz CT molecular complexity index is 950. The number of anilines is 1. The molecule has 0 bridgehead atoms. The SMILES string of the molecule is Cc1cc(C(=O)NCc2ccccc2N2CCCC2)c(C)n1Cc1ccco1. The number of hydrogen-bond acceptors (Lipinski definition) is 3. The average molecular weight is 377 g/mol. The predicted molar refractivity (Wildman–Crippen MR) is 111 cm³/mol. The number of nitrogens with zero attached hydrogens (tertiary/aromatic N) is 2. The minimum absolute atomic E-state index is 0.0324. The molecule has 0 aliphatic carbocycles. The van der Waals surface area contributed by atoms with Crippen LogP contribution in [0.15, 0.2) is 53.1 Å². The maximum absolute atomic E-state index is 12.9. The molecule has 0 radical (unpaired) electrons. The van der Waals surface area contributed by atoms with E-state index in [0.29, 0.717) is 13.1 Å². The fourth-order valence-electron chi connectivity index (χ4n) is 4.03. The number of carbonyl (C=O) groups is 1. The molecule has 5 heteroatoms. The second-order valence-electron chi connectivity index (χ2n) is 7.46. The zero-order valence-corrected chi connectivity index (χ0v) is 16.6. The highest BCUT2D eigenvalue weighted by Gasteiger charge is 2.18. The second kappa shape index (κ2) is 7.97. The molecule has 3 heterocycles. The van der Waals surface area contributed by atoms with Crippen molar-refractivity contribution < 1.29 is 9.21 Å². The first-order valence-corrected chi connectivity index (χ1v) is 9.93. The minimum atomic E-state index is -0.0324. The topological polar surface area (TPSA) is 50.4 Å². The lowest BCUT2D eigenvalue weighted by Crippen LogP contribution is -2.26. The lowest BCUT2D eigenvalue weighted by atomic mass is 10.1. The molecule has 146 valence electrons. The Morgan fingerprint density at radius 1 is 1.11 bits per heavy atom. The molecule has 1 N–H and O–H groups in total. The van der Waals surface area contributed by atoms with Crippen LogP contribution in [-0.2, 0) is 13.1 Å². The van der Waals surface area contributed by atoms with Crippen molar-refractivity contribution in [3.8, 4) is 0 Å². The maximum Gasteiger partial charge on any atom is 0.253 e. The Morgan fingerprint density at radius 2 is 1.89 bits per heavy atom. The van der Waals surface area contributed by atoms with Crippen molar-refractivity contribution in [2.75, 3.05) is 18.0 Å². The van der Waals surface area contributed by atoms with E-state index in [1.54, 1.807) is 6.26 Å². The summed E-state index contributed by atoms with van der Waals surface area (Å²) in [4.78, 5) is 15.3. The third-order valence-electron chi connectivity index (χ3n) is 5.59. The standard InChI is InChI=1S/C23H27N3O2/c1-17-14-21(18(2)26(17)16-20-9-7-13-28-20)23(27)24-15-19-8-3-4-10-22(19)25-11-5-6-12-25/h3-4,7-10,13-14H,5-6,11-12,15-16H2,1-2H3,(H,24,27). The summed E-state index contributed by atoms with van der Waals surface area (Å²) in [5.74, 6) is 0.850. The van der Waals surface area contributed by atoms with Crippen molar-refractivity contribution >= 4 is 11.6 Å². The van der Waals surface area contributed by atoms with Crippen LogP contribution in [0, 0.1) is 13.8 Å². The molecule has 0 atom stereocenters. The highest BCUT2D eigenvalue weighted by Crippen LogP contribution is 2.24. The van der Waals surface area contributed by atoms with E-state index in [-0.39, 0.29) is 5.91 Å². The first-order chi connectivity index (χ1) is 13.6. The molecule has 5 nitrogen and oxygen atoms in total. The highest BCUT2D eigenvalue weighted by atomic mass is 16.3. The fourth-order valence-corrected chi connectivity index (χ4v) is 4.03. The number of nitrogens with one attached hydrogen (secondary N) is 1. The van der Waals surface area contributed by atoms with Crippen LogP contribution >= 0.6 is 0 Å². The summed E-state index contributed by atoms with van der Waals surface area (Å²) in [7, 11) is 0. The molecule has 1 amide bonds. The van der Waals surface area contributed by atoms with Gasteiger partial charge in [-0.1, -0.05) is 18.2 Å². The van der Waals surface area contributed by atoms with E-state index in [4.69, 9.17) is 4.42 Å². The van der Waals surface area contributed by atoms with Gasteiger partial charge in [0.05, 0.1) is 18.4 Å². The number of benzene rings is 1. The van der Waals surface area contributed by atoms with Crippen molar-refractivity contribution in [1.82, 2.24) is 9.88 Å². The van der Waals surface area contributed by atoms with Crippen molar-refractivity contribution in [1.29, 1.82) is 0 Å². The van der Waals surface area contributed by atoms with Crippen molar-refractivity contribution in [2.45, 2.75) is 39.8 Å². The number of carbonyl (C=O) groups excluding carboxylic acids is 1. The summed E-state index contributed by atoms with van der Waals surface area (Å²) >= 11 is 0. The third-order valence-corrected chi connectivity index (χ3v) is 5.59. The lowest BCUT2D eigenvalue weighted by Gasteiger charge is -2.21. The van der Waals surface area contributed by atoms with Crippen LogP contribution in [0.4, 0.5) is 5.69 Å². The van der Waals surface area contributed by atoms with E-state index in [0.717, 1.165) is 35.8 Å². The van der Waals surface area contributed by atoms with Crippen LogP contribution < -0.4 is 10.2 Å². The lowest BCUT2D eigenvalue weighted by molar-refractivity contribution is 0.0950. The van der Waals surface area contributed by atoms with Gasteiger partial charge in [0.15, 0.2) is 0 Å². The third kappa shape index (κ3) is 3.70. The van der Waals surface area contributed by atoms with Gasteiger partial charge < -0.3 is 19.2 Å². The van der Waals surface area contributed by atoms with E-state index < -0.39 is 0 Å². The molecule has 0 saturated carbocycles. The quantitative estimate of drug-likeness (QED) is 0.698. The van der Waals surface area contributed by atoms with E-state index >= 15 is 0 Å². The molecule has 1 aliphatic rings. The zero-order valence-electron chi connectivity index (χ0n) is 16.6. The molecular weight excluding hydrogens is 350 g/mol. The molecule has 1 fully saturated rings. The van der Waals surface area contributed by atoms with Gasteiger partial charge in [-0.05, 0) is 56.5 Å². The Labute approximate surface area is 166 Å². The number of furan rings is 1. The van der Waals surface area contributed by atoms with Crippen LogP contribution in [0.25, 0.3) is 0 Å². The second-order valence-corrected chi connectivity index (χ2v) is 7.46. The van der Waals surface area contributed by atoms with Gasteiger partial charge in [-0.3, -0.25) is 4.79 Å². The number of amides is 1. The summed E-state index contributed by atoms with van der Waals surface area (Å²) in [6, 6.07) is 14.2. The van der Waals surface area contributed by atoms with Gasteiger partial charge in [0.2, 0.25) is 0 Å². The van der Waals surface area contributed by atoms with Gasteiger partial charge in [-0.25, -0.2) is 0 Å². The van der Waals surface area contributed by atoms with Crippen LogP contribution in [0.5, 0.6) is 0 Å². The average Bonchev–Trinajstić information content (AvgIpc) is 3.46. The molecular formula is C23H27N3O2. The number of para-hydroxylation sites is 1. The van der Waals surface area contributed by atoms with Crippen LogP contribution in [-0.4, -0.2) is 23.6 Å². The summed E-state index contributed by atoms with van der Waals surface area (Å²) in [6.07, 6.45) is 4.15. The molecule has 0 unspecified atom stereocenters. The number of hydrogen-bond donors (Lipinski definition) is 1. The monoisotopic (exact) mass is 377 g/mol. The van der Waals surface area contributed by atoms with Gasteiger partial charge in [0.1, 0.15) is 5.76 Å². The molecule has 1 aliphatic heterocycles. The number of aryl methyl sites for hydroxylation is 1. The normalized spacial score (nSPS) is 13.9. The van der Waals surface area contributed by atoms with E-state index in [9.17, 15) is 4.79 Å². The predicted octanol–water partition coefficient (Wildman–Crippen LogP) is 4.28. The summed E-state index contributed by atoms with van der Waals surface area (Å²) < 4.78 is 7.58. The van der Waals surface area contributed by atoms with E-state index in [1.807, 2.05) is 38.1 Å². The number of aromatic nitrogens is 1. The Hall–Kier alpha value is -2.95. The van der Waals surface area contributed by atoms with Gasteiger partial charge >= 0.3 is 0 Å². The Balaban J connectivity index is 1.48. The smallest absolute Gasteiger partial charge is 0.253 e. The highest BCUT2D eigenvalue weighted by molar-refractivity contribution is 5.95. The van der Waals surface area contributed by atoms with Crippen LogP contribution in [0.1, 0.15) is 45.9 Å². The molecule has 1 saturated heterocycles. The van der Waals surface area contributed by atoms with Crippen LogP contribution in [0.2, 0.25) is 0 Å². The molecule has 0 spiro atoms. The molecule has 1 aromatic carbocycles. The minimum Gasteiger partial charge on any atom is -0.467 e. The number of rotatable bonds is 6. The molecule has 3 aromatic rings.